The van der Waals surface area contributed by atoms with E-state index in [1.807, 2.05) is 66.9 Å². The van der Waals surface area contributed by atoms with Gasteiger partial charge >= 0.3 is 0 Å². The van der Waals surface area contributed by atoms with Crippen LogP contribution in [-0.2, 0) is 16.6 Å². The van der Waals surface area contributed by atoms with Crippen molar-refractivity contribution in [2.75, 3.05) is 59.8 Å². The van der Waals surface area contributed by atoms with Crippen LogP contribution in [0.3, 0.4) is 0 Å². The molecule has 1 aliphatic carbocycles. The molecular formula is C35H39N7O4. The molecule has 11 nitrogen and oxygen atoms in total. The van der Waals surface area contributed by atoms with Gasteiger partial charge in [0.25, 0.3) is 0 Å². The highest BCUT2D eigenvalue weighted by Crippen LogP contribution is 2.51. The molecule has 1 aliphatic heterocycles. The summed E-state index contributed by atoms with van der Waals surface area (Å²) in [5.74, 6) is 9.98. The maximum absolute atomic E-state index is 12.8. The molecule has 2 aliphatic rings. The molecular weight excluding hydrogens is 582 g/mol. The summed E-state index contributed by atoms with van der Waals surface area (Å²) in [5, 5.41) is 0.734. The van der Waals surface area contributed by atoms with Crippen LogP contribution in [0.5, 0.6) is 17.4 Å². The fourth-order valence-electron chi connectivity index (χ4n) is 6.15. The van der Waals surface area contributed by atoms with Gasteiger partial charge < -0.3 is 34.3 Å². The van der Waals surface area contributed by atoms with Crippen molar-refractivity contribution in [3.63, 3.8) is 0 Å². The van der Waals surface area contributed by atoms with Crippen molar-refractivity contribution < 1.29 is 19.0 Å². The number of likely N-dealkylation sites (N-methyl/N-ethyl adjacent to an activating group) is 1. The first-order valence-electron chi connectivity index (χ1n) is 15.3. The van der Waals surface area contributed by atoms with Crippen LogP contribution in [0.15, 0.2) is 54.9 Å². The van der Waals surface area contributed by atoms with Gasteiger partial charge in [-0.3, -0.25) is 4.79 Å². The Morgan fingerprint density at radius 1 is 1.15 bits per heavy atom. The number of fused-ring (bicyclic) bond motifs is 2. The predicted molar refractivity (Wildman–Crippen MR) is 176 cm³/mol. The number of hydrogen-bond acceptors (Lipinski definition) is 9. The molecule has 1 saturated carbocycles. The van der Waals surface area contributed by atoms with Gasteiger partial charge in [-0.25, -0.2) is 15.0 Å². The fourth-order valence-corrected chi connectivity index (χ4v) is 6.15. The molecule has 1 saturated heterocycles. The van der Waals surface area contributed by atoms with Crippen LogP contribution < -0.4 is 15.2 Å². The molecule has 0 spiro atoms. The monoisotopic (exact) mass is 621 g/mol. The molecule has 11 heteroatoms. The quantitative estimate of drug-likeness (QED) is 0.208. The van der Waals surface area contributed by atoms with E-state index in [1.54, 1.807) is 26.4 Å². The number of aryl methyl sites for hydroxylation is 2. The lowest BCUT2D eigenvalue weighted by Crippen LogP contribution is -2.30. The predicted octanol–water partition coefficient (Wildman–Crippen LogP) is 3.91. The number of carbonyl (C=O) groups excluding carboxylic acids is 1. The Balaban J connectivity index is 1.22. The van der Waals surface area contributed by atoms with Crippen LogP contribution in [0.2, 0.25) is 0 Å². The van der Waals surface area contributed by atoms with Crippen molar-refractivity contribution in [1.82, 2.24) is 29.3 Å². The van der Waals surface area contributed by atoms with E-state index in [0.717, 1.165) is 47.5 Å². The number of amides is 1. The average Bonchev–Trinajstić information content (AvgIpc) is 3.35. The lowest BCUT2D eigenvalue weighted by molar-refractivity contribution is -0.125. The summed E-state index contributed by atoms with van der Waals surface area (Å²) in [6, 6.07) is 11.3. The third-order valence-corrected chi connectivity index (χ3v) is 8.74. The van der Waals surface area contributed by atoms with Gasteiger partial charge in [0.2, 0.25) is 11.8 Å². The maximum atomic E-state index is 12.8. The van der Waals surface area contributed by atoms with E-state index in [1.165, 1.54) is 6.33 Å². The summed E-state index contributed by atoms with van der Waals surface area (Å²) in [6.45, 7) is 5.55. The Kier molecular flexibility index (Phi) is 8.92. The van der Waals surface area contributed by atoms with Crippen LogP contribution in [-0.4, -0.2) is 89.3 Å². The summed E-state index contributed by atoms with van der Waals surface area (Å²) in [6.07, 6.45) is 5.07. The fraction of sp³-hybridized carbons (Fsp3) is 0.371. The zero-order valence-electron chi connectivity index (χ0n) is 26.9. The number of ether oxygens (including phenoxy) is 3. The van der Waals surface area contributed by atoms with Gasteiger partial charge in [-0.05, 0) is 55.5 Å². The van der Waals surface area contributed by atoms with Gasteiger partial charge in [0.15, 0.2) is 11.5 Å². The van der Waals surface area contributed by atoms with Crippen LogP contribution in [0, 0.1) is 36.5 Å². The number of pyridine rings is 1. The Hall–Kier alpha value is -4.92. The highest BCUT2D eigenvalue weighted by molar-refractivity contribution is 6.03. The first kappa shape index (κ1) is 31.1. The number of nitrogens with two attached hydrogens (primary N) is 1. The molecule has 46 heavy (non-hydrogen) atoms. The minimum Gasteiger partial charge on any atom is -0.493 e. The Morgan fingerprint density at radius 3 is 2.70 bits per heavy atom. The van der Waals surface area contributed by atoms with Crippen LogP contribution >= 0.6 is 0 Å². The zero-order chi connectivity index (χ0) is 32.4. The standard InChI is InChI=1S/C35H39N7O4/c1-22-8-6-9-30(39-22)46-28-14-11-23(18-29(28)45-5)32-27(41(3)35-33(32)34(36)37-21-38-35)13-12-24-25-19-42(20-26(24)25)31(43)10-7-15-40(2)16-17-44-4/h6-11,14,18,21,24-26H,15-17,19-20H2,1-5H3,(H2,36,37,38)/b10-7+/t24-,25-,26+. The van der Waals surface area contributed by atoms with Gasteiger partial charge in [0.05, 0.1) is 19.1 Å². The van der Waals surface area contributed by atoms with Gasteiger partial charge in [0.1, 0.15) is 23.5 Å². The summed E-state index contributed by atoms with van der Waals surface area (Å²) < 4.78 is 18.9. The highest BCUT2D eigenvalue weighted by atomic mass is 16.5. The number of aromatic nitrogens is 4. The van der Waals surface area contributed by atoms with Gasteiger partial charge in [0, 0.05) is 69.7 Å². The molecule has 238 valence electrons. The van der Waals surface area contributed by atoms with Crippen LogP contribution in [0.25, 0.3) is 22.2 Å². The van der Waals surface area contributed by atoms with Crippen LogP contribution in [0.4, 0.5) is 5.82 Å². The Morgan fingerprint density at radius 2 is 1.96 bits per heavy atom. The van der Waals surface area contributed by atoms with Crippen molar-refractivity contribution in [2.24, 2.45) is 24.8 Å². The Labute approximate surface area is 269 Å². The largest absolute Gasteiger partial charge is 0.493 e. The lowest BCUT2D eigenvalue weighted by atomic mass is 10.0. The second-order valence-corrected chi connectivity index (χ2v) is 11.8. The summed E-state index contributed by atoms with van der Waals surface area (Å²) in [4.78, 5) is 30.1. The SMILES string of the molecule is COCCN(C)C/C=C/C(=O)N1C[C@@H]2[C@@H](C#Cc3c(-c4ccc(Oc5cccc(C)n5)c(OC)c4)c4c(N)ncnc4n3C)[C@@H]2C1. The van der Waals surface area contributed by atoms with E-state index < -0.39 is 0 Å². The van der Waals surface area contributed by atoms with Crippen LogP contribution in [0.1, 0.15) is 11.4 Å². The molecule has 0 radical (unpaired) electrons. The van der Waals surface area contributed by atoms with E-state index in [9.17, 15) is 4.79 Å². The molecule has 0 unspecified atom stereocenters. The minimum atomic E-state index is 0.0589. The maximum Gasteiger partial charge on any atom is 0.246 e. The number of nitrogen functional groups attached to an aromatic ring is 1. The summed E-state index contributed by atoms with van der Waals surface area (Å²) >= 11 is 0. The Bertz CT molecular complexity index is 1840. The third kappa shape index (κ3) is 6.27. The molecule has 2 N–H and O–H groups in total. The number of piperidine rings is 1. The molecule has 1 aromatic carbocycles. The number of anilines is 1. The van der Waals surface area contributed by atoms with E-state index in [4.69, 9.17) is 19.9 Å². The number of hydrogen-bond donors (Lipinski definition) is 1. The van der Waals surface area contributed by atoms with Crippen molar-refractivity contribution >= 4 is 22.8 Å². The number of methoxy groups -OCH3 is 2. The van der Waals surface area contributed by atoms with E-state index in [0.29, 0.717) is 53.8 Å². The zero-order valence-corrected chi connectivity index (χ0v) is 26.9. The van der Waals surface area contributed by atoms with Crippen molar-refractivity contribution in [3.8, 4) is 40.3 Å². The summed E-state index contributed by atoms with van der Waals surface area (Å²) in [7, 11) is 7.24. The minimum absolute atomic E-state index is 0.0589. The molecule has 4 heterocycles. The van der Waals surface area contributed by atoms with Crippen molar-refractivity contribution in [1.29, 1.82) is 0 Å². The molecule has 3 aromatic heterocycles. The van der Waals surface area contributed by atoms with E-state index in [2.05, 4.69) is 31.7 Å². The second kappa shape index (κ2) is 13.2. The first-order chi connectivity index (χ1) is 22.3. The average molecular weight is 622 g/mol. The molecule has 6 rings (SSSR count). The molecule has 3 atom stereocenters. The molecule has 2 fully saturated rings. The number of nitrogens with zero attached hydrogens (tertiary/aromatic N) is 6. The normalized spacial score (nSPS) is 18.6. The highest BCUT2D eigenvalue weighted by Gasteiger charge is 2.55. The lowest BCUT2D eigenvalue weighted by Gasteiger charge is -2.17. The second-order valence-electron chi connectivity index (χ2n) is 11.8. The molecule has 1 amide bonds. The topological polar surface area (TPSA) is 121 Å². The number of carbonyl (C=O) groups is 1. The number of likely N-dealkylation sites (tertiary alicyclic amines) is 1. The number of rotatable bonds is 10. The third-order valence-electron chi connectivity index (χ3n) is 8.74. The summed E-state index contributed by atoms with van der Waals surface area (Å²) in [5.41, 5.74) is 10.5. The molecule has 0 bridgehead atoms. The van der Waals surface area contributed by atoms with Crippen molar-refractivity contribution in [2.45, 2.75) is 6.92 Å². The van der Waals surface area contributed by atoms with E-state index in [-0.39, 0.29) is 11.8 Å². The van der Waals surface area contributed by atoms with Gasteiger partial charge in [-0.15, -0.1) is 0 Å². The smallest absolute Gasteiger partial charge is 0.246 e. The van der Waals surface area contributed by atoms with Gasteiger partial charge in [-0.2, -0.15) is 0 Å². The van der Waals surface area contributed by atoms with E-state index >= 15 is 0 Å². The van der Waals surface area contributed by atoms with Crippen molar-refractivity contribution in [3.05, 3.63) is 66.3 Å². The van der Waals surface area contributed by atoms with Gasteiger partial charge in [-0.1, -0.05) is 24.1 Å². The first-order valence-corrected chi connectivity index (χ1v) is 15.3. The molecule has 4 aromatic rings. The number of benzene rings is 1.